The van der Waals surface area contributed by atoms with Crippen molar-refractivity contribution in [2.75, 3.05) is 0 Å². The summed E-state index contributed by atoms with van der Waals surface area (Å²) >= 11 is 6.10. The van der Waals surface area contributed by atoms with Gasteiger partial charge in [0.2, 0.25) is 0 Å². The van der Waals surface area contributed by atoms with Gasteiger partial charge in [-0.3, -0.25) is 4.68 Å². The van der Waals surface area contributed by atoms with Crippen LogP contribution >= 0.6 is 11.6 Å². The number of alkyl halides is 1. The number of aryl methyl sites for hydroxylation is 2. The number of fused-ring (bicyclic) bond motifs is 1. The summed E-state index contributed by atoms with van der Waals surface area (Å²) in [5, 5.41) is 4.48. The molecule has 2 heterocycles. The van der Waals surface area contributed by atoms with Crippen molar-refractivity contribution in [2.45, 2.75) is 47.0 Å². The van der Waals surface area contributed by atoms with E-state index in [0.29, 0.717) is 22.6 Å². The molecule has 4 nitrogen and oxygen atoms in total. The summed E-state index contributed by atoms with van der Waals surface area (Å²) in [4.78, 5) is 4.68. The van der Waals surface area contributed by atoms with Crippen molar-refractivity contribution in [1.29, 1.82) is 0 Å². The van der Waals surface area contributed by atoms with E-state index in [2.05, 4.69) is 42.3 Å². The monoisotopic (exact) mass is 294 g/mol. The highest BCUT2D eigenvalue weighted by molar-refractivity contribution is 6.16. The zero-order chi connectivity index (χ0) is 14.9. The standard InChI is InChI=1S/C15H23ClN4/c1-9-12-13(19(6)18-9)20(11(7-16)17-12)8-10-14(2,3)15(10,4)5/h10H,7-8H2,1-6H3. The molecule has 0 unspecified atom stereocenters. The molecule has 3 rings (SSSR count). The predicted molar refractivity (Wildman–Crippen MR) is 81.8 cm³/mol. The molecule has 0 aliphatic heterocycles. The summed E-state index contributed by atoms with van der Waals surface area (Å²) in [6.07, 6.45) is 0. The SMILES string of the molecule is Cc1nn(C)c2c1nc(CCl)n2CC1C(C)(C)C1(C)C. The molecule has 1 saturated carbocycles. The molecule has 0 aromatic carbocycles. The average Bonchev–Trinajstić information content (AvgIpc) is 2.73. The van der Waals surface area contributed by atoms with Crippen LogP contribution in [0.25, 0.3) is 11.2 Å². The lowest BCUT2D eigenvalue weighted by atomic mass is 10.0. The molecule has 5 heteroatoms. The molecular formula is C15H23ClN4. The Kier molecular flexibility index (Phi) is 2.79. The van der Waals surface area contributed by atoms with Crippen LogP contribution in [0.15, 0.2) is 0 Å². The van der Waals surface area contributed by atoms with Gasteiger partial charge in [-0.05, 0) is 23.7 Å². The van der Waals surface area contributed by atoms with Crippen LogP contribution < -0.4 is 0 Å². The van der Waals surface area contributed by atoms with Gasteiger partial charge in [-0.15, -0.1) is 11.6 Å². The molecule has 2 aromatic rings. The van der Waals surface area contributed by atoms with Crippen LogP contribution in [-0.2, 0) is 19.5 Å². The second-order valence-electron chi connectivity index (χ2n) is 7.15. The molecular weight excluding hydrogens is 272 g/mol. The highest BCUT2D eigenvalue weighted by atomic mass is 35.5. The second-order valence-corrected chi connectivity index (χ2v) is 7.42. The first kappa shape index (κ1) is 13.9. The first-order chi connectivity index (χ1) is 9.21. The van der Waals surface area contributed by atoms with E-state index in [0.717, 1.165) is 29.2 Å². The van der Waals surface area contributed by atoms with Gasteiger partial charge in [0.05, 0.1) is 11.6 Å². The smallest absolute Gasteiger partial charge is 0.158 e. The third-order valence-corrected chi connectivity index (χ3v) is 6.01. The van der Waals surface area contributed by atoms with Crippen molar-refractivity contribution >= 4 is 22.8 Å². The van der Waals surface area contributed by atoms with Crippen molar-refractivity contribution < 1.29 is 0 Å². The maximum absolute atomic E-state index is 6.10. The number of rotatable bonds is 3. The van der Waals surface area contributed by atoms with Crippen LogP contribution in [0.4, 0.5) is 0 Å². The topological polar surface area (TPSA) is 35.6 Å². The minimum Gasteiger partial charge on any atom is -0.312 e. The van der Waals surface area contributed by atoms with Gasteiger partial charge in [-0.1, -0.05) is 27.7 Å². The normalized spacial score (nSPS) is 20.8. The van der Waals surface area contributed by atoms with E-state index in [1.807, 2.05) is 18.7 Å². The quantitative estimate of drug-likeness (QED) is 0.812. The molecule has 0 atom stereocenters. The Labute approximate surface area is 125 Å². The van der Waals surface area contributed by atoms with Crippen LogP contribution in [0.1, 0.15) is 39.2 Å². The maximum atomic E-state index is 6.10. The fourth-order valence-electron chi connectivity index (χ4n) is 3.65. The highest BCUT2D eigenvalue weighted by Crippen LogP contribution is 2.69. The molecule has 0 radical (unpaired) electrons. The van der Waals surface area contributed by atoms with E-state index >= 15 is 0 Å². The van der Waals surface area contributed by atoms with Crippen LogP contribution in [0.5, 0.6) is 0 Å². The van der Waals surface area contributed by atoms with Crippen LogP contribution in [0.2, 0.25) is 0 Å². The number of hydrogen-bond donors (Lipinski definition) is 0. The van der Waals surface area contributed by atoms with E-state index < -0.39 is 0 Å². The van der Waals surface area contributed by atoms with Crippen LogP contribution in [-0.4, -0.2) is 19.3 Å². The van der Waals surface area contributed by atoms with Gasteiger partial charge in [-0.25, -0.2) is 4.98 Å². The lowest BCUT2D eigenvalue weighted by molar-refractivity contribution is 0.457. The van der Waals surface area contributed by atoms with Gasteiger partial charge >= 0.3 is 0 Å². The first-order valence-electron chi connectivity index (χ1n) is 7.16. The maximum Gasteiger partial charge on any atom is 0.158 e. The summed E-state index contributed by atoms with van der Waals surface area (Å²) in [5.41, 5.74) is 3.78. The second kappa shape index (κ2) is 4.00. The third-order valence-electron chi connectivity index (χ3n) is 5.77. The van der Waals surface area contributed by atoms with Crippen LogP contribution in [0.3, 0.4) is 0 Å². The zero-order valence-electron chi connectivity index (χ0n) is 13.2. The van der Waals surface area contributed by atoms with Crippen LogP contribution in [0, 0.1) is 23.7 Å². The van der Waals surface area contributed by atoms with E-state index in [1.165, 1.54) is 0 Å². The fraction of sp³-hybridized carbons (Fsp3) is 0.733. The number of aromatic nitrogens is 4. The van der Waals surface area contributed by atoms with Gasteiger partial charge in [0.15, 0.2) is 5.65 Å². The van der Waals surface area contributed by atoms with E-state index in [4.69, 9.17) is 11.6 Å². The zero-order valence-corrected chi connectivity index (χ0v) is 13.9. The predicted octanol–water partition coefficient (Wildman–Crippen LogP) is 3.50. The number of halogens is 1. The Bertz CT molecular complexity index is 664. The Hall–Kier alpha value is -1.03. The summed E-state index contributed by atoms with van der Waals surface area (Å²) in [6, 6.07) is 0. The van der Waals surface area contributed by atoms with Crippen molar-refractivity contribution in [2.24, 2.45) is 23.8 Å². The third kappa shape index (κ3) is 1.60. The number of hydrogen-bond acceptors (Lipinski definition) is 2. The Morgan fingerprint density at radius 2 is 1.80 bits per heavy atom. The molecule has 0 spiro atoms. The Balaban J connectivity index is 2.08. The molecule has 20 heavy (non-hydrogen) atoms. The molecule has 0 amide bonds. The minimum atomic E-state index is 0.362. The number of imidazole rings is 1. The molecule has 0 bridgehead atoms. The van der Waals surface area contributed by atoms with Crippen molar-refractivity contribution in [3.05, 3.63) is 11.5 Å². The Morgan fingerprint density at radius 1 is 1.20 bits per heavy atom. The minimum absolute atomic E-state index is 0.362. The highest BCUT2D eigenvalue weighted by Gasteiger charge is 2.64. The summed E-state index contributed by atoms with van der Waals surface area (Å²) < 4.78 is 4.19. The lowest BCUT2D eigenvalue weighted by Gasteiger charge is -2.09. The van der Waals surface area contributed by atoms with Crippen molar-refractivity contribution in [3.8, 4) is 0 Å². The lowest BCUT2D eigenvalue weighted by Crippen LogP contribution is -2.10. The molecule has 2 aromatic heterocycles. The fourth-order valence-corrected chi connectivity index (χ4v) is 3.85. The van der Waals surface area contributed by atoms with E-state index in [-0.39, 0.29) is 0 Å². The summed E-state index contributed by atoms with van der Waals surface area (Å²) in [5.74, 6) is 2.04. The van der Waals surface area contributed by atoms with Crippen molar-refractivity contribution in [3.63, 3.8) is 0 Å². The summed E-state index contributed by atoms with van der Waals surface area (Å²) in [6.45, 7) is 12.4. The molecule has 1 fully saturated rings. The number of nitrogens with zero attached hydrogens (tertiary/aromatic N) is 4. The van der Waals surface area contributed by atoms with Gasteiger partial charge in [0.25, 0.3) is 0 Å². The summed E-state index contributed by atoms with van der Waals surface area (Å²) in [7, 11) is 1.98. The van der Waals surface area contributed by atoms with Gasteiger partial charge in [0, 0.05) is 13.6 Å². The van der Waals surface area contributed by atoms with E-state index in [1.54, 1.807) is 0 Å². The largest absolute Gasteiger partial charge is 0.312 e. The molecule has 0 N–H and O–H groups in total. The Morgan fingerprint density at radius 3 is 2.30 bits per heavy atom. The van der Waals surface area contributed by atoms with Gasteiger partial charge < -0.3 is 4.57 Å². The molecule has 110 valence electrons. The van der Waals surface area contributed by atoms with E-state index in [9.17, 15) is 0 Å². The van der Waals surface area contributed by atoms with Gasteiger partial charge in [0.1, 0.15) is 11.3 Å². The van der Waals surface area contributed by atoms with Crippen molar-refractivity contribution in [1.82, 2.24) is 19.3 Å². The molecule has 1 aliphatic rings. The molecule has 1 aliphatic carbocycles. The average molecular weight is 295 g/mol. The van der Waals surface area contributed by atoms with Gasteiger partial charge in [-0.2, -0.15) is 5.10 Å². The molecule has 0 saturated heterocycles. The first-order valence-corrected chi connectivity index (χ1v) is 7.70.